The molecule has 0 radical (unpaired) electrons. The van der Waals surface area contributed by atoms with E-state index in [1.807, 2.05) is 6.92 Å². The van der Waals surface area contributed by atoms with Crippen molar-refractivity contribution in [3.63, 3.8) is 0 Å². The van der Waals surface area contributed by atoms with Crippen molar-refractivity contribution in [2.24, 2.45) is 5.92 Å². The molecule has 1 unspecified atom stereocenters. The Morgan fingerprint density at radius 1 is 1.52 bits per heavy atom. The van der Waals surface area contributed by atoms with Gasteiger partial charge >= 0.3 is 0 Å². The van der Waals surface area contributed by atoms with Crippen LogP contribution in [0, 0.1) is 5.92 Å². The second kappa shape index (κ2) is 8.25. The summed E-state index contributed by atoms with van der Waals surface area (Å²) in [5.74, 6) is 1.31. The highest BCUT2D eigenvalue weighted by atomic mass is 35.5. The number of hydrogen-bond acceptors (Lipinski definition) is 3. The molecule has 21 heavy (non-hydrogen) atoms. The van der Waals surface area contributed by atoms with Crippen LogP contribution in [-0.2, 0) is 4.79 Å². The maximum Gasteiger partial charge on any atom is 0.224 e. The molecule has 0 saturated carbocycles. The van der Waals surface area contributed by atoms with E-state index in [4.69, 9.17) is 16.3 Å². The molecule has 0 bridgehead atoms. The molecule has 2 N–H and O–H groups in total. The van der Waals surface area contributed by atoms with Gasteiger partial charge in [-0.15, -0.1) is 0 Å². The van der Waals surface area contributed by atoms with Crippen LogP contribution in [0.5, 0.6) is 5.75 Å². The number of rotatable bonds is 7. The number of nitrogens with one attached hydrogen (secondary N) is 2. The smallest absolute Gasteiger partial charge is 0.224 e. The lowest BCUT2D eigenvalue weighted by Gasteiger charge is -2.13. The van der Waals surface area contributed by atoms with Crippen LogP contribution in [0.25, 0.3) is 0 Å². The van der Waals surface area contributed by atoms with Gasteiger partial charge in [0.05, 0.1) is 12.3 Å². The third kappa shape index (κ3) is 5.21. The number of carbonyl (C=O) groups excluding carboxylic acids is 1. The molecule has 1 heterocycles. The summed E-state index contributed by atoms with van der Waals surface area (Å²) >= 11 is 6.00. The maximum absolute atomic E-state index is 12.1. The zero-order valence-electron chi connectivity index (χ0n) is 12.5. The van der Waals surface area contributed by atoms with Crippen LogP contribution < -0.4 is 15.4 Å². The van der Waals surface area contributed by atoms with Crippen LogP contribution in [0.2, 0.25) is 5.02 Å². The molecule has 1 aliphatic heterocycles. The van der Waals surface area contributed by atoms with Gasteiger partial charge in [0.15, 0.2) is 0 Å². The summed E-state index contributed by atoms with van der Waals surface area (Å²) in [5, 5.41) is 6.82. The highest BCUT2D eigenvalue weighted by Gasteiger charge is 2.16. The Kier molecular flexibility index (Phi) is 6.33. The van der Waals surface area contributed by atoms with Gasteiger partial charge in [0, 0.05) is 11.4 Å². The number of anilines is 1. The second-order valence-electron chi connectivity index (χ2n) is 5.43. The highest BCUT2D eigenvalue weighted by Crippen LogP contribution is 2.28. The maximum atomic E-state index is 12.1. The molecule has 1 aliphatic rings. The van der Waals surface area contributed by atoms with E-state index < -0.39 is 0 Å². The standard InChI is InChI=1S/C16H23ClN2O2/c1-2-9-21-15-5-4-13(17)10-14(15)19-16(20)6-3-12-7-8-18-11-12/h4-5,10,12,18H,2-3,6-9,11H2,1H3,(H,19,20). The van der Waals surface area contributed by atoms with E-state index in [9.17, 15) is 4.79 Å². The molecule has 0 spiro atoms. The van der Waals surface area contributed by atoms with Gasteiger partial charge in [-0.1, -0.05) is 18.5 Å². The first kappa shape index (κ1) is 16.1. The van der Waals surface area contributed by atoms with Gasteiger partial charge in [-0.25, -0.2) is 0 Å². The Labute approximate surface area is 131 Å². The fraction of sp³-hybridized carbons (Fsp3) is 0.562. The van der Waals surface area contributed by atoms with Crippen molar-refractivity contribution < 1.29 is 9.53 Å². The van der Waals surface area contributed by atoms with Crippen molar-refractivity contribution in [1.82, 2.24) is 5.32 Å². The normalized spacial score (nSPS) is 17.7. The minimum absolute atomic E-state index is 0.0190. The van der Waals surface area contributed by atoms with Crippen LogP contribution in [0.3, 0.4) is 0 Å². The van der Waals surface area contributed by atoms with E-state index in [-0.39, 0.29) is 5.91 Å². The molecule has 4 nitrogen and oxygen atoms in total. The average molecular weight is 311 g/mol. The second-order valence-corrected chi connectivity index (χ2v) is 5.87. The third-order valence-electron chi connectivity index (χ3n) is 3.62. The van der Waals surface area contributed by atoms with Gasteiger partial charge in [0.25, 0.3) is 0 Å². The van der Waals surface area contributed by atoms with Crippen molar-refractivity contribution in [2.75, 3.05) is 25.0 Å². The number of amides is 1. The minimum atomic E-state index is 0.0190. The molecule has 1 fully saturated rings. The van der Waals surface area contributed by atoms with Crippen molar-refractivity contribution >= 4 is 23.2 Å². The van der Waals surface area contributed by atoms with Crippen LogP contribution in [-0.4, -0.2) is 25.6 Å². The average Bonchev–Trinajstić information content (AvgIpc) is 2.98. The van der Waals surface area contributed by atoms with Gasteiger partial charge in [-0.05, 0) is 56.5 Å². The summed E-state index contributed by atoms with van der Waals surface area (Å²) in [6, 6.07) is 5.31. The zero-order valence-corrected chi connectivity index (χ0v) is 13.2. The monoisotopic (exact) mass is 310 g/mol. The van der Waals surface area contributed by atoms with Crippen LogP contribution in [0.1, 0.15) is 32.6 Å². The number of hydrogen-bond donors (Lipinski definition) is 2. The van der Waals surface area contributed by atoms with Gasteiger partial charge < -0.3 is 15.4 Å². The first-order chi connectivity index (χ1) is 10.2. The number of benzene rings is 1. The fourth-order valence-electron chi connectivity index (χ4n) is 2.45. The van der Waals surface area contributed by atoms with Crippen LogP contribution >= 0.6 is 11.6 Å². The Bertz CT molecular complexity index is 473. The van der Waals surface area contributed by atoms with E-state index in [1.54, 1.807) is 18.2 Å². The van der Waals surface area contributed by atoms with E-state index in [0.717, 1.165) is 32.4 Å². The molecule has 0 aliphatic carbocycles. The fourth-order valence-corrected chi connectivity index (χ4v) is 2.62. The molecule has 1 aromatic carbocycles. The lowest BCUT2D eigenvalue weighted by atomic mass is 10.0. The predicted octanol–water partition coefficient (Wildman–Crippen LogP) is 3.46. The molecule has 5 heteroatoms. The predicted molar refractivity (Wildman–Crippen MR) is 86.1 cm³/mol. The van der Waals surface area contributed by atoms with E-state index in [2.05, 4.69) is 10.6 Å². The molecule has 1 atom stereocenters. The summed E-state index contributed by atoms with van der Waals surface area (Å²) in [4.78, 5) is 12.1. The SMILES string of the molecule is CCCOc1ccc(Cl)cc1NC(=O)CCC1CCNC1. The van der Waals surface area contributed by atoms with E-state index in [0.29, 0.717) is 35.4 Å². The number of ether oxygens (including phenoxy) is 1. The van der Waals surface area contributed by atoms with Gasteiger partial charge in [0.2, 0.25) is 5.91 Å². The molecule has 116 valence electrons. The Morgan fingerprint density at radius 3 is 3.10 bits per heavy atom. The van der Waals surface area contributed by atoms with Crippen molar-refractivity contribution in [1.29, 1.82) is 0 Å². The van der Waals surface area contributed by atoms with Gasteiger partial charge in [-0.3, -0.25) is 4.79 Å². The Hall–Kier alpha value is -1.26. The van der Waals surface area contributed by atoms with Gasteiger partial charge in [0.1, 0.15) is 5.75 Å². The number of carbonyl (C=O) groups is 1. The van der Waals surface area contributed by atoms with Crippen molar-refractivity contribution in [2.45, 2.75) is 32.6 Å². The van der Waals surface area contributed by atoms with Crippen LogP contribution in [0.15, 0.2) is 18.2 Å². The third-order valence-corrected chi connectivity index (χ3v) is 3.85. The first-order valence-corrected chi connectivity index (χ1v) is 7.99. The molecular weight excluding hydrogens is 288 g/mol. The lowest BCUT2D eigenvalue weighted by Crippen LogP contribution is -2.15. The topological polar surface area (TPSA) is 50.4 Å². The van der Waals surface area contributed by atoms with Crippen LogP contribution in [0.4, 0.5) is 5.69 Å². The van der Waals surface area contributed by atoms with E-state index in [1.165, 1.54) is 0 Å². The quantitative estimate of drug-likeness (QED) is 0.811. The van der Waals surface area contributed by atoms with Gasteiger partial charge in [-0.2, -0.15) is 0 Å². The minimum Gasteiger partial charge on any atom is -0.491 e. The Morgan fingerprint density at radius 2 is 2.38 bits per heavy atom. The first-order valence-electron chi connectivity index (χ1n) is 7.62. The molecular formula is C16H23ClN2O2. The largest absolute Gasteiger partial charge is 0.491 e. The summed E-state index contributed by atoms with van der Waals surface area (Å²) < 4.78 is 5.64. The lowest BCUT2D eigenvalue weighted by molar-refractivity contribution is -0.116. The molecule has 1 saturated heterocycles. The zero-order chi connectivity index (χ0) is 15.1. The van der Waals surface area contributed by atoms with Crippen molar-refractivity contribution in [3.8, 4) is 5.75 Å². The summed E-state index contributed by atoms with van der Waals surface area (Å²) in [7, 11) is 0. The highest BCUT2D eigenvalue weighted by molar-refractivity contribution is 6.31. The summed E-state index contributed by atoms with van der Waals surface area (Å²) in [6.45, 7) is 4.76. The van der Waals surface area contributed by atoms with Crippen molar-refractivity contribution in [3.05, 3.63) is 23.2 Å². The molecule has 0 aromatic heterocycles. The number of halogens is 1. The Balaban J connectivity index is 1.90. The summed E-state index contributed by atoms with van der Waals surface area (Å²) in [6.07, 6.45) is 3.54. The molecule has 1 amide bonds. The molecule has 1 aromatic rings. The summed E-state index contributed by atoms with van der Waals surface area (Å²) in [5.41, 5.74) is 0.658. The van der Waals surface area contributed by atoms with E-state index >= 15 is 0 Å². The molecule has 2 rings (SSSR count).